The van der Waals surface area contributed by atoms with Crippen LogP contribution in [0.3, 0.4) is 0 Å². The van der Waals surface area contributed by atoms with Crippen LogP contribution in [0.4, 0.5) is 4.79 Å². The molecule has 0 saturated heterocycles. The van der Waals surface area contributed by atoms with Crippen LogP contribution in [-0.4, -0.2) is 42.5 Å². The predicted molar refractivity (Wildman–Crippen MR) is 56.9 cm³/mol. The van der Waals surface area contributed by atoms with E-state index in [9.17, 15) is 9.59 Å². The summed E-state index contributed by atoms with van der Waals surface area (Å²) in [5.41, 5.74) is -0.616. The average Bonchev–Trinajstić information content (AvgIpc) is 2.13. The topological polar surface area (TPSA) is 84.9 Å². The van der Waals surface area contributed by atoms with Gasteiger partial charge in [0.1, 0.15) is 5.60 Å². The van der Waals surface area contributed by atoms with E-state index < -0.39 is 23.7 Å². The molecular formula is C10H19NO5. The fraction of sp³-hybridized carbons (Fsp3) is 0.800. The van der Waals surface area contributed by atoms with E-state index in [1.54, 1.807) is 20.8 Å². The fourth-order valence-corrected chi connectivity index (χ4v) is 0.920. The van der Waals surface area contributed by atoms with Gasteiger partial charge in [0.25, 0.3) is 0 Å². The molecular weight excluding hydrogens is 214 g/mol. The number of amides is 1. The number of ether oxygens (including phenoxy) is 2. The number of hydrogen-bond donors (Lipinski definition) is 2. The Morgan fingerprint density at radius 1 is 1.38 bits per heavy atom. The smallest absolute Gasteiger partial charge is 0.407 e. The Bertz CT molecular complexity index is 246. The number of alkyl carbamates (subject to hydrolysis) is 1. The van der Waals surface area contributed by atoms with Gasteiger partial charge in [-0.3, -0.25) is 4.79 Å². The molecule has 0 fully saturated rings. The van der Waals surface area contributed by atoms with Gasteiger partial charge < -0.3 is 19.9 Å². The van der Waals surface area contributed by atoms with E-state index in [2.05, 4.69) is 10.1 Å². The number of aliphatic hydroxyl groups is 1. The van der Waals surface area contributed by atoms with Gasteiger partial charge >= 0.3 is 12.1 Å². The van der Waals surface area contributed by atoms with Crippen LogP contribution in [0.5, 0.6) is 0 Å². The summed E-state index contributed by atoms with van der Waals surface area (Å²) < 4.78 is 9.39. The summed E-state index contributed by atoms with van der Waals surface area (Å²) in [6.45, 7) is 4.82. The van der Waals surface area contributed by atoms with Crippen molar-refractivity contribution in [3.05, 3.63) is 0 Å². The molecule has 0 aliphatic carbocycles. The molecule has 0 aromatic heterocycles. The molecule has 2 N–H and O–H groups in total. The zero-order valence-electron chi connectivity index (χ0n) is 10.1. The normalized spacial score (nSPS) is 12.8. The highest BCUT2D eigenvalue weighted by atomic mass is 16.6. The lowest BCUT2D eigenvalue weighted by Crippen LogP contribution is -2.42. The van der Waals surface area contributed by atoms with Crippen molar-refractivity contribution in [2.24, 2.45) is 0 Å². The highest BCUT2D eigenvalue weighted by molar-refractivity contribution is 5.72. The summed E-state index contributed by atoms with van der Waals surface area (Å²) in [4.78, 5) is 22.2. The Balaban J connectivity index is 4.12. The van der Waals surface area contributed by atoms with Gasteiger partial charge in [-0.1, -0.05) is 0 Å². The maximum atomic E-state index is 11.3. The summed E-state index contributed by atoms with van der Waals surface area (Å²) in [6, 6.07) is -0.692. The molecule has 6 nitrogen and oxygen atoms in total. The molecule has 0 spiro atoms. The second-order valence-electron chi connectivity index (χ2n) is 4.31. The lowest BCUT2D eigenvalue weighted by Gasteiger charge is -2.22. The first-order valence-electron chi connectivity index (χ1n) is 4.95. The molecule has 0 saturated carbocycles. The van der Waals surface area contributed by atoms with Crippen molar-refractivity contribution in [2.45, 2.75) is 38.8 Å². The van der Waals surface area contributed by atoms with Crippen molar-refractivity contribution in [3.63, 3.8) is 0 Å². The van der Waals surface area contributed by atoms with Gasteiger partial charge in [-0.25, -0.2) is 4.79 Å². The van der Waals surface area contributed by atoms with E-state index in [4.69, 9.17) is 9.84 Å². The van der Waals surface area contributed by atoms with Crippen LogP contribution in [0.1, 0.15) is 27.2 Å². The third kappa shape index (κ3) is 7.05. The number of rotatable bonds is 4. The molecule has 1 unspecified atom stereocenters. The Hall–Kier alpha value is -1.30. The highest BCUT2D eigenvalue weighted by Crippen LogP contribution is 2.07. The molecule has 1 atom stereocenters. The lowest BCUT2D eigenvalue weighted by molar-refractivity contribution is -0.141. The maximum Gasteiger partial charge on any atom is 0.407 e. The Kier molecular flexibility index (Phi) is 5.81. The largest absolute Gasteiger partial charge is 0.469 e. The number of carbonyl (C=O) groups is 2. The third-order valence-corrected chi connectivity index (χ3v) is 1.58. The van der Waals surface area contributed by atoms with Crippen LogP contribution in [0, 0.1) is 0 Å². The van der Waals surface area contributed by atoms with Gasteiger partial charge in [-0.2, -0.15) is 0 Å². The molecule has 16 heavy (non-hydrogen) atoms. The predicted octanol–water partition coefficient (Wildman–Crippen LogP) is 0.435. The molecule has 0 rings (SSSR count). The zero-order chi connectivity index (χ0) is 12.8. The highest BCUT2D eigenvalue weighted by Gasteiger charge is 2.20. The molecule has 0 aromatic carbocycles. The van der Waals surface area contributed by atoms with Crippen molar-refractivity contribution in [1.82, 2.24) is 5.32 Å². The fourth-order valence-electron chi connectivity index (χ4n) is 0.920. The minimum Gasteiger partial charge on any atom is -0.469 e. The van der Waals surface area contributed by atoms with Gasteiger partial charge in [0, 0.05) is 0 Å². The van der Waals surface area contributed by atoms with Gasteiger partial charge in [-0.15, -0.1) is 0 Å². The van der Waals surface area contributed by atoms with Crippen molar-refractivity contribution in [3.8, 4) is 0 Å². The van der Waals surface area contributed by atoms with E-state index in [1.807, 2.05) is 0 Å². The molecule has 6 heteroatoms. The number of hydrogen-bond acceptors (Lipinski definition) is 5. The first kappa shape index (κ1) is 14.7. The second kappa shape index (κ2) is 6.32. The van der Waals surface area contributed by atoms with E-state index in [0.717, 1.165) is 0 Å². The van der Waals surface area contributed by atoms with Crippen LogP contribution in [0.2, 0.25) is 0 Å². The number of carbonyl (C=O) groups excluding carboxylic acids is 2. The minimum atomic E-state index is -0.692. The maximum absolute atomic E-state index is 11.3. The van der Waals surface area contributed by atoms with Gasteiger partial charge in [0.15, 0.2) is 0 Å². The van der Waals surface area contributed by atoms with E-state index in [0.29, 0.717) is 0 Å². The van der Waals surface area contributed by atoms with Crippen molar-refractivity contribution >= 4 is 12.1 Å². The molecule has 0 aliphatic heterocycles. The van der Waals surface area contributed by atoms with Gasteiger partial charge in [0.05, 0.1) is 26.2 Å². The average molecular weight is 233 g/mol. The van der Waals surface area contributed by atoms with Crippen LogP contribution in [-0.2, 0) is 14.3 Å². The quantitative estimate of drug-likeness (QED) is 0.688. The molecule has 0 aliphatic rings. The van der Waals surface area contributed by atoms with Crippen LogP contribution in [0.25, 0.3) is 0 Å². The first-order chi connectivity index (χ1) is 7.28. The van der Waals surface area contributed by atoms with E-state index in [-0.39, 0.29) is 13.0 Å². The summed E-state index contributed by atoms with van der Waals surface area (Å²) in [6.07, 6.45) is -0.762. The van der Waals surface area contributed by atoms with Crippen molar-refractivity contribution in [1.29, 1.82) is 0 Å². The van der Waals surface area contributed by atoms with Gasteiger partial charge in [0.2, 0.25) is 0 Å². The molecule has 0 radical (unpaired) electrons. The number of aliphatic hydroxyl groups excluding tert-OH is 1. The molecule has 94 valence electrons. The van der Waals surface area contributed by atoms with Crippen LogP contribution < -0.4 is 5.32 Å². The third-order valence-electron chi connectivity index (χ3n) is 1.58. The number of methoxy groups -OCH3 is 1. The van der Waals surface area contributed by atoms with Crippen molar-refractivity contribution < 1.29 is 24.2 Å². The first-order valence-corrected chi connectivity index (χ1v) is 4.95. The summed E-state index contributed by atoms with van der Waals surface area (Å²) in [7, 11) is 1.24. The monoisotopic (exact) mass is 233 g/mol. The van der Waals surface area contributed by atoms with Crippen LogP contribution in [0.15, 0.2) is 0 Å². The molecule has 0 heterocycles. The number of esters is 1. The van der Waals surface area contributed by atoms with Crippen molar-refractivity contribution in [2.75, 3.05) is 13.7 Å². The van der Waals surface area contributed by atoms with Gasteiger partial charge in [-0.05, 0) is 20.8 Å². The lowest BCUT2D eigenvalue weighted by atomic mass is 10.2. The molecule has 0 bridgehead atoms. The Labute approximate surface area is 94.9 Å². The van der Waals surface area contributed by atoms with E-state index in [1.165, 1.54) is 7.11 Å². The van der Waals surface area contributed by atoms with E-state index >= 15 is 0 Å². The SMILES string of the molecule is COC(=O)CC(CO)NC(=O)OC(C)(C)C. The second-order valence-corrected chi connectivity index (χ2v) is 4.31. The Morgan fingerprint density at radius 2 is 1.94 bits per heavy atom. The zero-order valence-corrected chi connectivity index (χ0v) is 10.1. The Morgan fingerprint density at radius 3 is 2.31 bits per heavy atom. The summed E-state index contributed by atoms with van der Waals surface area (Å²) in [5, 5.41) is 11.3. The standard InChI is InChI=1S/C10H19NO5/c1-10(2,3)16-9(14)11-7(6-12)5-8(13)15-4/h7,12H,5-6H2,1-4H3,(H,11,14). The summed E-state index contributed by atoms with van der Waals surface area (Å²) >= 11 is 0. The van der Waals surface area contributed by atoms with Crippen LogP contribution >= 0.6 is 0 Å². The molecule has 1 amide bonds. The number of nitrogens with one attached hydrogen (secondary N) is 1. The summed E-state index contributed by atoms with van der Waals surface area (Å²) in [5.74, 6) is -0.505. The molecule has 0 aromatic rings. The minimum absolute atomic E-state index is 0.0910.